The van der Waals surface area contributed by atoms with Crippen molar-refractivity contribution in [3.63, 3.8) is 0 Å². The van der Waals surface area contributed by atoms with E-state index in [1.807, 2.05) is 30.3 Å². The molecule has 1 heterocycles. The average molecular weight is 473 g/mol. The van der Waals surface area contributed by atoms with Crippen LogP contribution >= 0.6 is 0 Å². The molecule has 0 fully saturated rings. The summed E-state index contributed by atoms with van der Waals surface area (Å²) in [6.07, 6.45) is 0. The van der Waals surface area contributed by atoms with Crippen LogP contribution in [0.3, 0.4) is 0 Å². The SMILES string of the molecule is CC(C)c1ccc(N(Cc2ccc3c(c2)OCO3)C(=O)Nc2c(C(C)C)cccc2C(C)C)cc1. The highest BCUT2D eigenvalue weighted by atomic mass is 16.7. The van der Waals surface area contributed by atoms with Crippen LogP contribution in [-0.2, 0) is 6.54 Å². The van der Waals surface area contributed by atoms with Crippen LogP contribution in [0.15, 0.2) is 60.7 Å². The summed E-state index contributed by atoms with van der Waals surface area (Å²) in [4.78, 5) is 15.7. The van der Waals surface area contributed by atoms with Crippen LogP contribution in [0.1, 0.15) is 81.5 Å². The Morgan fingerprint density at radius 3 is 2.06 bits per heavy atom. The van der Waals surface area contributed by atoms with E-state index in [2.05, 4.69) is 77.2 Å². The minimum absolute atomic E-state index is 0.157. The Balaban J connectivity index is 1.70. The van der Waals surface area contributed by atoms with Crippen molar-refractivity contribution in [3.8, 4) is 11.5 Å². The summed E-state index contributed by atoms with van der Waals surface area (Å²) in [6, 6.07) is 20.2. The number of urea groups is 1. The average Bonchev–Trinajstić information content (AvgIpc) is 3.30. The molecule has 35 heavy (non-hydrogen) atoms. The van der Waals surface area contributed by atoms with Gasteiger partial charge in [0.05, 0.1) is 6.54 Å². The maximum absolute atomic E-state index is 13.9. The quantitative estimate of drug-likeness (QED) is 0.379. The molecule has 2 amide bonds. The number of carbonyl (C=O) groups is 1. The third-order valence-corrected chi connectivity index (χ3v) is 6.50. The van der Waals surface area contributed by atoms with Gasteiger partial charge in [-0.15, -0.1) is 0 Å². The monoisotopic (exact) mass is 472 g/mol. The first-order valence-corrected chi connectivity index (χ1v) is 12.4. The Labute approximate surface area is 209 Å². The van der Waals surface area contributed by atoms with E-state index >= 15 is 0 Å². The number of amides is 2. The van der Waals surface area contributed by atoms with Gasteiger partial charge in [-0.25, -0.2) is 4.79 Å². The van der Waals surface area contributed by atoms with E-state index in [1.165, 1.54) is 5.56 Å². The van der Waals surface area contributed by atoms with Crippen LogP contribution in [0.2, 0.25) is 0 Å². The molecule has 4 rings (SSSR count). The van der Waals surface area contributed by atoms with Crippen molar-refractivity contribution in [2.45, 2.75) is 65.8 Å². The zero-order valence-corrected chi connectivity index (χ0v) is 21.6. The third-order valence-electron chi connectivity index (χ3n) is 6.50. The van der Waals surface area contributed by atoms with Crippen LogP contribution in [0.5, 0.6) is 11.5 Å². The van der Waals surface area contributed by atoms with Crippen molar-refractivity contribution in [1.82, 2.24) is 0 Å². The number of nitrogens with one attached hydrogen (secondary N) is 1. The van der Waals surface area contributed by atoms with Crippen LogP contribution in [0, 0.1) is 0 Å². The molecule has 0 aromatic heterocycles. The van der Waals surface area contributed by atoms with Crippen LogP contribution < -0.4 is 19.7 Å². The molecular formula is C30H36N2O3. The third kappa shape index (κ3) is 5.45. The molecule has 0 radical (unpaired) electrons. The van der Waals surface area contributed by atoms with Gasteiger partial charge in [-0.3, -0.25) is 4.90 Å². The minimum Gasteiger partial charge on any atom is -0.454 e. The first-order valence-electron chi connectivity index (χ1n) is 12.4. The molecule has 1 aliphatic heterocycles. The second-order valence-corrected chi connectivity index (χ2v) is 10.1. The Hall–Kier alpha value is -3.47. The lowest BCUT2D eigenvalue weighted by Crippen LogP contribution is -2.35. The molecule has 1 N–H and O–H groups in total. The predicted molar refractivity (Wildman–Crippen MR) is 143 cm³/mol. The van der Waals surface area contributed by atoms with Gasteiger partial charge in [0.2, 0.25) is 6.79 Å². The number of ether oxygens (including phenoxy) is 2. The molecule has 5 nitrogen and oxygen atoms in total. The molecule has 184 valence electrons. The molecule has 0 bridgehead atoms. The molecule has 3 aromatic rings. The van der Waals surface area contributed by atoms with Gasteiger partial charge in [0, 0.05) is 11.4 Å². The molecule has 0 aliphatic carbocycles. The number of anilines is 2. The zero-order chi connectivity index (χ0) is 25.1. The lowest BCUT2D eigenvalue weighted by Gasteiger charge is -2.27. The van der Waals surface area contributed by atoms with E-state index in [0.717, 1.165) is 33.8 Å². The van der Waals surface area contributed by atoms with Gasteiger partial charge in [0.1, 0.15) is 0 Å². The largest absolute Gasteiger partial charge is 0.454 e. The van der Waals surface area contributed by atoms with Gasteiger partial charge >= 0.3 is 6.03 Å². The second kappa shape index (κ2) is 10.4. The first kappa shape index (κ1) is 24.6. The first-order chi connectivity index (χ1) is 16.7. The number of hydrogen-bond acceptors (Lipinski definition) is 3. The summed E-state index contributed by atoms with van der Waals surface area (Å²) in [5.74, 6) is 2.45. The number of carbonyl (C=O) groups excluding carboxylic acids is 1. The Bertz CT molecular complexity index is 1160. The van der Waals surface area contributed by atoms with Gasteiger partial charge in [-0.2, -0.15) is 0 Å². The van der Waals surface area contributed by atoms with Crippen molar-refractivity contribution in [2.24, 2.45) is 0 Å². The molecule has 3 aromatic carbocycles. The van der Waals surface area contributed by atoms with Gasteiger partial charge in [-0.05, 0) is 64.3 Å². The van der Waals surface area contributed by atoms with Crippen molar-refractivity contribution < 1.29 is 14.3 Å². The molecule has 0 saturated heterocycles. The van der Waals surface area contributed by atoms with E-state index in [0.29, 0.717) is 18.2 Å². The van der Waals surface area contributed by atoms with Gasteiger partial charge < -0.3 is 14.8 Å². The summed E-state index contributed by atoms with van der Waals surface area (Å²) in [5, 5.41) is 3.28. The molecule has 5 heteroatoms. The van der Waals surface area contributed by atoms with E-state index in [4.69, 9.17) is 9.47 Å². The van der Waals surface area contributed by atoms with Crippen molar-refractivity contribution >= 4 is 17.4 Å². The number of benzene rings is 3. The number of rotatable bonds is 7. The lowest BCUT2D eigenvalue weighted by atomic mass is 9.92. The molecule has 0 unspecified atom stereocenters. The van der Waals surface area contributed by atoms with Crippen molar-refractivity contribution in [1.29, 1.82) is 0 Å². The summed E-state index contributed by atoms with van der Waals surface area (Å²) in [7, 11) is 0. The maximum atomic E-state index is 13.9. The normalized spacial score (nSPS) is 12.5. The molecule has 1 aliphatic rings. The summed E-state index contributed by atoms with van der Waals surface area (Å²) < 4.78 is 11.0. The lowest BCUT2D eigenvalue weighted by molar-refractivity contribution is 0.174. The fourth-order valence-electron chi connectivity index (χ4n) is 4.41. The molecule has 0 atom stereocenters. The van der Waals surface area contributed by atoms with E-state index in [9.17, 15) is 4.79 Å². The van der Waals surface area contributed by atoms with Gasteiger partial charge in [0.15, 0.2) is 11.5 Å². The van der Waals surface area contributed by atoms with E-state index in [-0.39, 0.29) is 24.7 Å². The predicted octanol–water partition coefficient (Wildman–Crippen LogP) is 8.02. The number of nitrogens with zero attached hydrogens (tertiary/aromatic N) is 1. The summed E-state index contributed by atoms with van der Waals surface area (Å²) >= 11 is 0. The maximum Gasteiger partial charge on any atom is 0.326 e. The Morgan fingerprint density at radius 2 is 1.46 bits per heavy atom. The van der Waals surface area contributed by atoms with Gasteiger partial charge in [-0.1, -0.05) is 77.9 Å². The van der Waals surface area contributed by atoms with Crippen molar-refractivity contribution in [2.75, 3.05) is 17.0 Å². The fourth-order valence-corrected chi connectivity index (χ4v) is 4.41. The highest BCUT2D eigenvalue weighted by Gasteiger charge is 2.22. The molecule has 0 spiro atoms. The van der Waals surface area contributed by atoms with Gasteiger partial charge in [0.25, 0.3) is 0 Å². The highest BCUT2D eigenvalue weighted by Crippen LogP contribution is 2.35. The summed E-state index contributed by atoms with van der Waals surface area (Å²) in [6.45, 7) is 13.6. The molecule has 0 saturated carbocycles. The van der Waals surface area contributed by atoms with E-state index < -0.39 is 0 Å². The second-order valence-electron chi connectivity index (χ2n) is 10.1. The van der Waals surface area contributed by atoms with Crippen molar-refractivity contribution in [3.05, 3.63) is 82.9 Å². The van der Waals surface area contributed by atoms with Crippen LogP contribution in [-0.4, -0.2) is 12.8 Å². The highest BCUT2D eigenvalue weighted by molar-refractivity contribution is 6.02. The standard InChI is InChI=1S/C30H36N2O3/c1-19(2)23-11-13-24(14-12-23)32(17-22-10-15-27-28(16-22)35-18-34-27)30(33)31-29-25(20(3)4)8-7-9-26(29)21(5)6/h7-16,19-21H,17-18H2,1-6H3,(H,31,33). The number of hydrogen-bond donors (Lipinski definition) is 1. The minimum atomic E-state index is -0.157. The topological polar surface area (TPSA) is 50.8 Å². The van der Waals surface area contributed by atoms with E-state index in [1.54, 1.807) is 4.90 Å². The number of para-hydroxylation sites is 1. The fraction of sp³-hybridized carbons (Fsp3) is 0.367. The summed E-state index contributed by atoms with van der Waals surface area (Å²) in [5.41, 5.74) is 6.25. The molecular weight excluding hydrogens is 436 g/mol. The Morgan fingerprint density at radius 1 is 0.829 bits per heavy atom. The Kier molecular flexibility index (Phi) is 7.34. The number of fused-ring (bicyclic) bond motifs is 1. The van der Waals surface area contributed by atoms with Crippen LogP contribution in [0.25, 0.3) is 0 Å². The van der Waals surface area contributed by atoms with Crippen LogP contribution in [0.4, 0.5) is 16.2 Å². The zero-order valence-electron chi connectivity index (χ0n) is 21.6. The smallest absolute Gasteiger partial charge is 0.326 e.